The Balaban J connectivity index is 1.82. The van der Waals surface area contributed by atoms with Crippen LogP contribution in [0, 0.1) is 0 Å². The van der Waals surface area contributed by atoms with Crippen LogP contribution in [-0.2, 0) is 13.0 Å². The maximum absolute atomic E-state index is 12.0. The van der Waals surface area contributed by atoms with Gasteiger partial charge in [0.25, 0.3) is 0 Å². The van der Waals surface area contributed by atoms with Gasteiger partial charge < -0.3 is 20.1 Å². The van der Waals surface area contributed by atoms with Gasteiger partial charge in [-0.2, -0.15) is 0 Å². The van der Waals surface area contributed by atoms with Crippen molar-refractivity contribution in [3.05, 3.63) is 46.2 Å². The maximum Gasteiger partial charge on any atom is 0.315 e. The van der Waals surface area contributed by atoms with Gasteiger partial charge in [-0.3, -0.25) is 0 Å². The van der Waals surface area contributed by atoms with E-state index in [-0.39, 0.29) is 12.1 Å². The third-order valence-corrected chi connectivity index (χ3v) is 4.26. The van der Waals surface area contributed by atoms with Crippen molar-refractivity contribution in [1.29, 1.82) is 0 Å². The maximum atomic E-state index is 12.0. The second-order valence-electron chi connectivity index (χ2n) is 5.20. The van der Waals surface area contributed by atoms with Crippen LogP contribution in [0.5, 0.6) is 11.5 Å². The summed E-state index contributed by atoms with van der Waals surface area (Å²) in [5.41, 5.74) is 0.948. The summed E-state index contributed by atoms with van der Waals surface area (Å²) >= 11 is 1.70. The lowest BCUT2D eigenvalue weighted by Gasteiger charge is -2.14. The highest BCUT2D eigenvalue weighted by Gasteiger charge is 2.09. The Labute approximate surface area is 140 Å². The van der Waals surface area contributed by atoms with Gasteiger partial charge in [0.2, 0.25) is 0 Å². The molecule has 0 saturated heterocycles. The number of benzene rings is 1. The molecule has 2 aromatic rings. The summed E-state index contributed by atoms with van der Waals surface area (Å²) in [6, 6.07) is 9.58. The topological polar surface area (TPSA) is 59.6 Å². The van der Waals surface area contributed by atoms with E-state index in [1.54, 1.807) is 25.6 Å². The highest BCUT2D eigenvalue weighted by Crippen LogP contribution is 2.27. The Bertz CT molecular complexity index is 629. The van der Waals surface area contributed by atoms with Gasteiger partial charge in [-0.25, -0.2) is 4.79 Å². The summed E-state index contributed by atoms with van der Waals surface area (Å²) < 4.78 is 10.5. The molecule has 0 saturated carbocycles. The van der Waals surface area contributed by atoms with E-state index < -0.39 is 0 Å². The number of rotatable bonds is 7. The van der Waals surface area contributed by atoms with E-state index in [1.807, 2.05) is 36.6 Å². The van der Waals surface area contributed by atoms with E-state index >= 15 is 0 Å². The lowest BCUT2D eigenvalue weighted by atomic mass is 10.2. The Morgan fingerprint density at radius 1 is 1.22 bits per heavy atom. The Morgan fingerprint density at radius 2 is 2.00 bits per heavy atom. The number of amides is 2. The number of ether oxygens (including phenoxy) is 2. The highest BCUT2D eigenvalue weighted by molar-refractivity contribution is 7.09. The van der Waals surface area contributed by atoms with E-state index in [2.05, 4.69) is 16.7 Å². The second kappa shape index (κ2) is 8.43. The van der Waals surface area contributed by atoms with Crippen LogP contribution in [0.4, 0.5) is 4.79 Å². The van der Waals surface area contributed by atoms with Crippen molar-refractivity contribution in [3.8, 4) is 11.5 Å². The first-order valence-corrected chi connectivity index (χ1v) is 8.28. The summed E-state index contributed by atoms with van der Waals surface area (Å²) in [7, 11) is 3.19. The third-order valence-electron chi connectivity index (χ3n) is 3.37. The molecular weight excluding hydrogens is 312 g/mol. The fraction of sp³-hybridized carbons (Fsp3) is 0.353. The van der Waals surface area contributed by atoms with Gasteiger partial charge in [0, 0.05) is 23.9 Å². The molecule has 0 aliphatic rings. The first kappa shape index (κ1) is 17.1. The average molecular weight is 334 g/mol. The van der Waals surface area contributed by atoms with Crippen molar-refractivity contribution < 1.29 is 14.3 Å². The summed E-state index contributed by atoms with van der Waals surface area (Å²) in [5, 5.41) is 7.84. The SMILES string of the molecule is COc1ccc(CNC(=O)N[C@@H](C)Cc2cccs2)cc1OC. The zero-order valence-corrected chi connectivity index (χ0v) is 14.4. The van der Waals surface area contributed by atoms with Crippen molar-refractivity contribution in [1.82, 2.24) is 10.6 Å². The van der Waals surface area contributed by atoms with Crippen molar-refractivity contribution in [2.24, 2.45) is 0 Å². The number of nitrogens with one attached hydrogen (secondary N) is 2. The molecule has 0 radical (unpaired) electrons. The van der Waals surface area contributed by atoms with Crippen LogP contribution in [0.15, 0.2) is 35.7 Å². The molecule has 23 heavy (non-hydrogen) atoms. The molecule has 2 N–H and O–H groups in total. The minimum absolute atomic E-state index is 0.0825. The van der Waals surface area contributed by atoms with Crippen molar-refractivity contribution >= 4 is 17.4 Å². The molecule has 2 amide bonds. The Hall–Kier alpha value is -2.21. The largest absolute Gasteiger partial charge is 0.493 e. The molecule has 5 nitrogen and oxygen atoms in total. The molecule has 1 atom stereocenters. The third kappa shape index (κ3) is 5.17. The molecule has 0 aliphatic heterocycles. The average Bonchev–Trinajstić information content (AvgIpc) is 3.05. The minimum atomic E-state index is -0.177. The standard InChI is InChI=1S/C17H22N2O3S/c1-12(9-14-5-4-8-23-14)19-17(20)18-11-13-6-7-15(21-2)16(10-13)22-3/h4-8,10,12H,9,11H2,1-3H3,(H2,18,19,20)/t12-/m0/s1. The minimum Gasteiger partial charge on any atom is -0.493 e. The molecule has 6 heteroatoms. The van der Waals surface area contributed by atoms with Gasteiger partial charge in [-0.15, -0.1) is 11.3 Å². The van der Waals surface area contributed by atoms with Crippen LogP contribution in [-0.4, -0.2) is 26.3 Å². The van der Waals surface area contributed by atoms with Crippen LogP contribution < -0.4 is 20.1 Å². The van der Waals surface area contributed by atoms with E-state index in [1.165, 1.54) is 4.88 Å². The first-order chi connectivity index (χ1) is 11.1. The zero-order chi connectivity index (χ0) is 16.7. The number of urea groups is 1. The van der Waals surface area contributed by atoms with Crippen molar-refractivity contribution in [2.75, 3.05) is 14.2 Å². The van der Waals surface area contributed by atoms with E-state index in [0.717, 1.165) is 12.0 Å². The van der Waals surface area contributed by atoms with Crippen LogP contribution in [0.2, 0.25) is 0 Å². The summed E-state index contributed by atoms with van der Waals surface area (Å²) in [4.78, 5) is 13.2. The Kier molecular flexibility index (Phi) is 6.29. The number of carbonyl (C=O) groups excluding carboxylic acids is 1. The van der Waals surface area contributed by atoms with Gasteiger partial charge in [0.15, 0.2) is 11.5 Å². The molecular formula is C17H22N2O3S. The highest BCUT2D eigenvalue weighted by atomic mass is 32.1. The Morgan fingerprint density at radius 3 is 2.65 bits per heavy atom. The summed E-state index contributed by atoms with van der Waals surface area (Å²) in [6.07, 6.45) is 0.835. The molecule has 1 heterocycles. The molecule has 0 fully saturated rings. The van der Waals surface area contributed by atoms with Gasteiger partial charge in [-0.05, 0) is 36.1 Å². The van der Waals surface area contributed by atoms with E-state index in [0.29, 0.717) is 18.0 Å². The van der Waals surface area contributed by atoms with Gasteiger partial charge in [-0.1, -0.05) is 12.1 Å². The normalized spacial score (nSPS) is 11.6. The fourth-order valence-electron chi connectivity index (χ4n) is 2.23. The first-order valence-electron chi connectivity index (χ1n) is 7.40. The molecule has 2 rings (SSSR count). The van der Waals surface area contributed by atoms with E-state index in [9.17, 15) is 4.79 Å². The fourth-order valence-corrected chi connectivity index (χ4v) is 3.06. The van der Waals surface area contributed by atoms with Crippen molar-refractivity contribution in [3.63, 3.8) is 0 Å². The van der Waals surface area contributed by atoms with Gasteiger partial charge >= 0.3 is 6.03 Å². The van der Waals surface area contributed by atoms with Crippen LogP contribution >= 0.6 is 11.3 Å². The number of hydrogen-bond donors (Lipinski definition) is 2. The number of thiophene rings is 1. The lowest BCUT2D eigenvalue weighted by molar-refractivity contribution is 0.237. The molecule has 124 valence electrons. The molecule has 0 bridgehead atoms. The van der Waals surface area contributed by atoms with Gasteiger partial charge in [0.05, 0.1) is 14.2 Å². The predicted molar refractivity (Wildman–Crippen MR) is 92.4 cm³/mol. The summed E-state index contributed by atoms with van der Waals surface area (Å²) in [6.45, 7) is 2.42. The smallest absolute Gasteiger partial charge is 0.315 e. The van der Waals surface area contributed by atoms with Crippen LogP contribution in [0.25, 0.3) is 0 Å². The zero-order valence-electron chi connectivity index (χ0n) is 13.6. The quantitative estimate of drug-likeness (QED) is 0.817. The molecule has 0 unspecified atom stereocenters. The van der Waals surface area contributed by atoms with Crippen molar-refractivity contribution in [2.45, 2.75) is 25.9 Å². The second-order valence-corrected chi connectivity index (χ2v) is 6.23. The predicted octanol–water partition coefficient (Wildman–Crippen LogP) is 3.20. The number of carbonyl (C=O) groups is 1. The molecule has 1 aromatic heterocycles. The van der Waals surface area contributed by atoms with Crippen LogP contribution in [0.1, 0.15) is 17.4 Å². The summed E-state index contributed by atoms with van der Waals surface area (Å²) in [5.74, 6) is 1.32. The number of methoxy groups -OCH3 is 2. The van der Waals surface area contributed by atoms with Crippen LogP contribution in [0.3, 0.4) is 0 Å². The number of hydrogen-bond acceptors (Lipinski definition) is 4. The molecule has 0 aliphatic carbocycles. The monoisotopic (exact) mass is 334 g/mol. The lowest BCUT2D eigenvalue weighted by Crippen LogP contribution is -2.41. The molecule has 1 aromatic carbocycles. The molecule has 0 spiro atoms. The van der Waals surface area contributed by atoms with Gasteiger partial charge in [0.1, 0.15) is 0 Å². The van der Waals surface area contributed by atoms with E-state index in [4.69, 9.17) is 9.47 Å².